The average molecular weight is 252 g/mol. The van der Waals surface area contributed by atoms with Crippen molar-refractivity contribution in [2.24, 2.45) is 0 Å². The highest BCUT2D eigenvalue weighted by Crippen LogP contribution is 2.18. The Kier molecular flexibility index (Phi) is 4.86. The first-order valence-electron chi connectivity index (χ1n) is 5.74. The summed E-state index contributed by atoms with van der Waals surface area (Å²) in [6.07, 6.45) is 5.84. The second-order valence-electron chi connectivity index (χ2n) is 4.11. The molecule has 0 saturated carbocycles. The maximum Gasteiger partial charge on any atom is 0.317 e. The average Bonchev–Trinajstić information content (AvgIpc) is 2.56. The van der Waals surface area contributed by atoms with Crippen LogP contribution in [-0.2, 0) is 14.4 Å². The summed E-state index contributed by atoms with van der Waals surface area (Å²) < 4.78 is 0. The second kappa shape index (κ2) is 6.17. The van der Waals surface area contributed by atoms with Gasteiger partial charge in [0.25, 0.3) is 0 Å². The third-order valence-electron chi connectivity index (χ3n) is 2.74. The molecule has 98 valence electrons. The lowest BCUT2D eigenvalue weighted by atomic mass is 10.2. The van der Waals surface area contributed by atoms with Crippen molar-refractivity contribution in [1.82, 2.24) is 9.80 Å². The van der Waals surface area contributed by atoms with Gasteiger partial charge in [0.1, 0.15) is 0 Å². The molecule has 1 aliphatic rings. The number of aliphatic carboxylic acids is 1. The molecule has 1 heterocycles. The molecule has 0 radical (unpaired) electrons. The molecule has 1 unspecified atom stereocenters. The summed E-state index contributed by atoms with van der Waals surface area (Å²) in [6, 6.07) is -0.740. The van der Waals surface area contributed by atoms with Crippen LogP contribution in [0.4, 0.5) is 0 Å². The van der Waals surface area contributed by atoms with Crippen molar-refractivity contribution in [2.45, 2.75) is 25.8 Å². The molecule has 1 aliphatic heterocycles. The molecule has 6 nitrogen and oxygen atoms in total. The maximum absolute atomic E-state index is 12.0. The van der Waals surface area contributed by atoms with Crippen molar-refractivity contribution >= 4 is 17.8 Å². The predicted octanol–water partition coefficient (Wildman–Crippen LogP) is -0.456. The minimum atomic E-state index is -1.07. The van der Waals surface area contributed by atoms with Gasteiger partial charge in [-0.3, -0.25) is 24.2 Å². The largest absolute Gasteiger partial charge is 0.480 e. The maximum atomic E-state index is 12.0. The zero-order chi connectivity index (χ0) is 13.7. The number of carbonyl (C=O) groups excluding carboxylic acids is 2. The Hall–Kier alpha value is -1.87. The third-order valence-corrected chi connectivity index (χ3v) is 2.74. The minimum absolute atomic E-state index is 0.00773. The summed E-state index contributed by atoms with van der Waals surface area (Å²) in [5.74, 6) is 0.630. The summed E-state index contributed by atoms with van der Waals surface area (Å²) in [5.41, 5.74) is 0. The second-order valence-corrected chi connectivity index (χ2v) is 4.11. The van der Waals surface area contributed by atoms with Gasteiger partial charge in [-0.1, -0.05) is 12.8 Å². The molecule has 0 aliphatic carbocycles. The number of likely N-dealkylation sites (tertiary alicyclic amines) is 1. The van der Waals surface area contributed by atoms with E-state index in [1.165, 1.54) is 9.80 Å². The Bertz CT molecular complexity index is 399. The van der Waals surface area contributed by atoms with E-state index < -0.39 is 12.0 Å². The van der Waals surface area contributed by atoms with Crippen molar-refractivity contribution in [3.05, 3.63) is 0 Å². The summed E-state index contributed by atoms with van der Waals surface area (Å²) in [6.45, 7) is 1.93. The van der Waals surface area contributed by atoms with Crippen LogP contribution in [0.1, 0.15) is 19.8 Å². The Morgan fingerprint density at radius 1 is 1.61 bits per heavy atom. The molecule has 0 aromatic heterocycles. The molecular weight excluding hydrogens is 236 g/mol. The summed E-state index contributed by atoms with van der Waals surface area (Å²) >= 11 is 0. The van der Waals surface area contributed by atoms with Gasteiger partial charge in [0, 0.05) is 6.54 Å². The molecular formula is C12H16N2O4. The standard InChI is InChI=1S/C12H16N2O4/c1-3-5-13(8-11(16)17)9-7-10(15)14(6-4-2)12(9)18/h1,9H,4-8H2,2H3,(H,16,17). The van der Waals surface area contributed by atoms with Gasteiger partial charge in [-0.25, -0.2) is 0 Å². The van der Waals surface area contributed by atoms with Crippen molar-refractivity contribution in [3.8, 4) is 12.3 Å². The van der Waals surface area contributed by atoms with Gasteiger partial charge >= 0.3 is 5.97 Å². The van der Waals surface area contributed by atoms with Crippen LogP contribution >= 0.6 is 0 Å². The summed E-state index contributed by atoms with van der Waals surface area (Å²) in [5, 5.41) is 8.77. The molecule has 2 amide bonds. The Balaban J connectivity index is 2.81. The Morgan fingerprint density at radius 3 is 2.78 bits per heavy atom. The van der Waals surface area contributed by atoms with E-state index in [1.54, 1.807) is 0 Å². The Morgan fingerprint density at radius 2 is 2.28 bits per heavy atom. The number of terminal acetylenes is 1. The lowest BCUT2D eigenvalue weighted by Crippen LogP contribution is -2.44. The normalized spacial score (nSPS) is 19.4. The molecule has 1 rings (SSSR count). The molecule has 1 N–H and O–H groups in total. The molecule has 1 fully saturated rings. The van der Waals surface area contributed by atoms with Crippen molar-refractivity contribution in [2.75, 3.05) is 19.6 Å². The first-order chi connectivity index (χ1) is 8.51. The smallest absolute Gasteiger partial charge is 0.317 e. The predicted molar refractivity (Wildman–Crippen MR) is 63.5 cm³/mol. The molecule has 0 spiro atoms. The van der Waals surface area contributed by atoms with Gasteiger partial charge in [0.05, 0.1) is 25.6 Å². The number of carboxylic acids is 1. The minimum Gasteiger partial charge on any atom is -0.480 e. The molecule has 1 atom stereocenters. The number of amides is 2. The first-order valence-corrected chi connectivity index (χ1v) is 5.74. The highest BCUT2D eigenvalue weighted by Gasteiger charge is 2.41. The van der Waals surface area contributed by atoms with Gasteiger partial charge in [-0.2, -0.15) is 0 Å². The van der Waals surface area contributed by atoms with Gasteiger partial charge < -0.3 is 5.11 Å². The van der Waals surface area contributed by atoms with Crippen LogP contribution in [0.3, 0.4) is 0 Å². The zero-order valence-electron chi connectivity index (χ0n) is 10.3. The van der Waals surface area contributed by atoms with E-state index in [0.717, 1.165) is 0 Å². The molecule has 1 saturated heterocycles. The van der Waals surface area contributed by atoms with Crippen LogP contribution in [-0.4, -0.2) is 58.4 Å². The fourth-order valence-electron chi connectivity index (χ4n) is 1.98. The van der Waals surface area contributed by atoms with Gasteiger partial charge in [-0.15, -0.1) is 6.42 Å². The Labute approximate surface area is 106 Å². The third kappa shape index (κ3) is 3.08. The van der Waals surface area contributed by atoms with E-state index in [2.05, 4.69) is 5.92 Å². The molecule has 0 aromatic carbocycles. The molecule has 0 bridgehead atoms. The molecule has 18 heavy (non-hydrogen) atoms. The van der Waals surface area contributed by atoms with Crippen LogP contribution in [0.15, 0.2) is 0 Å². The number of carbonyl (C=O) groups is 3. The SMILES string of the molecule is C#CCN(CC(=O)O)C1CC(=O)N(CCC)C1=O. The van der Waals surface area contributed by atoms with E-state index in [0.29, 0.717) is 13.0 Å². The number of hydrogen-bond acceptors (Lipinski definition) is 4. The highest BCUT2D eigenvalue weighted by molar-refractivity contribution is 6.05. The molecule has 6 heteroatoms. The van der Waals surface area contributed by atoms with Gasteiger partial charge in [0.15, 0.2) is 0 Å². The van der Waals surface area contributed by atoms with E-state index in [-0.39, 0.29) is 31.3 Å². The number of rotatable bonds is 6. The van der Waals surface area contributed by atoms with E-state index in [1.807, 2.05) is 6.92 Å². The van der Waals surface area contributed by atoms with Gasteiger partial charge in [-0.05, 0) is 6.42 Å². The van der Waals surface area contributed by atoms with Crippen LogP contribution in [0, 0.1) is 12.3 Å². The van der Waals surface area contributed by atoms with E-state index in [4.69, 9.17) is 11.5 Å². The monoisotopic (exact) mass is 252 g/mol. The lowest BCUT2D eigenvalue weighted by Gasteiger charge is -2.23. The van der Waals surface area contributed by atoms with Crippen LogP contribution in [0.2, 0.25) is 0 Å². The number of carboxylic acid groups (broad SMARTS) is 1. The van der Waals surface area contributed by atoms with Crippen molar-refractivity contribution in [1.29, 1.82) is 0 Å². The quantitative estimate of drug-likeness (QED) is 0.511. The van der Waals surface area contributed by atoms with Crippen molar-refractivity contribution < 1.29 is 19.5 Å². The van der Waals surface area contributed by atoms with Crippen LogP contribution in [0.25, 0.3) is 0 Å². The fraction of sp³-hybridized carbons (Fsp3) is 0.583. The summed E-state index contributed by atoms with van der Waals surface area (Å²) in [4.78, 5) is 36.9. The van der Waals surface area contributed by atoms with E-state index >= 15 is 0 Å². The number of hydrogen-bond donors (Lipinski definition) is 1. The molecule has 0 aromatic rings. The van der Waals surface area contributed by atoms with Crippen LogP contribution in [0.5, 0.6) is 0 Å². The number of imide groups is 1. The highest BCUT2D eigenvalue weighted by atomic mass is 16.4. The first kappa shape index (κ1) is 14.2. The van der Waals surface area contributed by atoms with Gasteiger partial charge in [0.2, 0.25) is 11.8 Å². The zero-order valence-corrected chi connectivity index (χ0v) is 10.3. The summed E-state index contributed by atoms with van der Waals surface area (Å²) in [7, 11) is 0. The fourth-order valence-corrected chi connectivity index (χ4v) is 1.98. The van der Waals surface area contributed by atoms with Crippen molar-refractivity contribution in [3.63, 3.8) is 0 Å². The van der Waals surface area contributed by atoms with E-state index in [9.17, 15) is 14.4 Å². The number of nitrogens with zero attached hydrogens (tertiary/aromatic N) is 2. The lowest BCUT2D eigenvalue weighted by molar-refractivity contribution is -0.141. The topological polar surface area (TPSA) is 77.9 Å². The van der Waals surface area contributed by atoms with Crippen LogP contribution < -0.4 is 0 Å².